The highest BCUT2D eigenvalue weighted by Gasteiger charge is 2.03. The molecule has 0 unspecified atom stereocenters. The van der Waals surface area contributed by atoms with Crippen molar-refractivity contribution in [2.75, 3.05) is 10.6 Å². The van der Waals surface area contributed by atoms with Gasteiger partial charge in [-0.1, -0.05) is 63.4 Å². The van der Waals surface area contributed by atoms with Crippen LogP contribution in [0.2, 0.25) is 10.0 Å². The topological polar surface area (TPSA) is 24.1 Å². The Labute approximate surface area is 166 Å². The normalized spacial score (nSPS) is 10.5. The van der Waals surface area contributed by atoms with Gasteiger partial charge in [0, 0.05) is 28.3 Å². The van der Waals surface area contributed by atoms with Crippen LogP contribution in [0.5, 0.6) is 0 Å². The van der Waals surface area contributed by atoms with Crippen LogP contribution < -0.4 is 10.6 Å². The van der Waals surface area contributed by atoms with Crippen LogP contribution >= 0.6 is 39.1 Å². The van der Waals surface area contributed by atoms with E-state index < -0.39 is 0 Å². The predicted molar refractivity (Wildman–Crippen MR) is 112 cm³/mol. The van der Waals surface area contributed by atoms with Gasteiger partial charge in [0.15, 0.2) is 0 Å². The molecular weight excluding hydrogens is 419 g/mol. The van der Waals surface area contributed by atoms with Crippen LogP contribution in [0.1, 0.15) is 11.1 Å². The summed E-state index contributed by atoms with van der Waals surface area (Å²) in [6, 6.07) is 21.9. The van der Waals surface area contributed by atoms with E-state index in [4.69, 9.17) is 23.2 Å². The molecule has 0 saturated heterocycles. The van der Waals surface area contributed by atoms with Gasteiger partial charge in [0.05, 0.1) is 10.7 Å². The van der Waals surface area contributed by atoms with Crippen molar-refractivity contribution in [3.8, 4) is 0 Å². The fourth-order valence-corrected chi connectivity index (χ4v) is 3.14. The minimum absolute atomic E-state index is 0.688. The molecular formula is C20H17BrCl2N2. The van der Waals surface area contributed by atoms with E-state index in [0.29, 0.717) is 11.6 Å². The van der Waals surface area contributed by atoms with Crippen molar-refractivity contribution in [2.45, 2.75) is 13.1 Å². The number of halogens is 3. The molecule has 3 aromatic carbocycles. The van der Waals surface area contributed by atoms with Gasteiger partial charge in [-0.25, -0.2) is 0 Å². The summed E-state index contributed by atoms with van der Waals surface area (Å²) in [6.45, 7) is 1.42. The lowest BCUT2D eigenvalue weighted by Crippen LogP contribution is -2.02. The van der Waals surface area contributed by atoms with Gasteiger partial charge >= 0.3 is 0 Å². The number of benzene rings is 3. The van der Waals surface area contributed by atoms with Crippen molar-refractivity contribution in [2.24, 2.45) is 0 Å². The van der Waals surface area contributed by atoms with Crippen LogP contribution in [0.4, 0.5) is 11.4 Å². The maximum atomic E-state index is 6.40. The summed E-state index contributed by atoms with van der Waals surface area (Å²) in [5.74, 6) is 0. The van der Waals surface area contributed by atoms with E-state index in [2.05, 4.69) is 38.7 Å². The molecule has 128 valence electrons. The van der Waals surface area contributed by atoms with Gasteiger partial charge in [-0.05, 0) is 53.6 Å². The lowest BCUT2D eigenvalue weighted by atomic mass is 10.2. The minimum Gasteiger partial charge on any atom is -0.381 e. The zero-order valence-electron chi connectivity index (χ0n) is 13.4. The quantitative estimate of drug-likeness (QED) is 0.436. The van der Waals surface area contributed by atoms with Crippen LogP contribution in [-0.4, -0.2) is 0 Å². The molecule has 0 fully saturated rings. The van der Waals surface area contributed by atoms with Crippen molar-refractivity contribution in [3.63, 3.8) is 0 Å². The Balaban J connectivity index is 1.59. The summed E-state index contributed by atoms with van der Waals surface area (Å²) in [5, 5.41) is 8.15. The molecule has 2 N–H and O–H groups in total. The van der Waals surface area contributed by atoms with Crippen LogP contribution in [0.25, 0.3) is 0 Å². The Hall–Kier alpha value is -1.68. The van der Waals surface area contributed by atoms with Gasteiger partial charge in [0.25, 0.3) is 0 Å². The van der Waals surface area contributed by atoms with Gasteiger partial charge < -0.3 is 10.6 Å². The largest absolute Gasteiger partial charge is 0.381 e. The Morgan fingerprint density at radius 3 is 2.24 bits per heavy atom. The molecule has 0 radical (unpaired) electrons. The van der Waals surface area contributed by atoms with E-state index in [1.807, 2.05) is 54.6 Å². The van der Waals surface area contributed by atoms with Crippen molar-refractivity contribution in [1.82, 2.24) is 0 Å². The lowest BCUT2D eigenvalue weighted by Gasteiger charge is -2.12. The molecule has 2 nitrogen and oxygen atoms in total. The molecule has 0 amide bonds. The Kier molecular flexibility index (Phi) is 6.24. The summed E-state index contributed by atoms with van der Waals surface area (Å²) in [6.07, 6.45) is 0. The molecule has 3 rings (SSSR count). The number of anilines is 2. The average molecular weight is 436 g/mol. The lowest BCUT2D eigenvalue weighted by molar-refractivity contribution is 1.14. The maximum absolute atomic E-state index is 6.40. The van der Waals surface area contributed by atoms with Crippen molar-refractivity contribution in [1.29, 1.82) is 0 Å². The Morgan fingerprint density at radius 1 is 0.760 bits per heavy atom. The van der Waals surface area contributed by atoms with E-state index in [-0.39, 0.29) is 0 Å². The molecule has 0 aromatic heterocycles. The average Bonchev–Trinajstić information content (AvgIpc) is 2.61. The van der Waals surface area contributed by atoms with E-state index in [0.717, 1.165) is 33.0 Å². The molecule has 5 heteroatoms. The third-order valence-corrected chi connectivity index (χ3v) is 4.83. The number of nitrogens with one attached hydrogen (secondary N) is 2. The smallest absolute Gasteiger partial charge is 0.0658 e. The van der Waals surface area contributed by atoms with Crippen LogP contribution in [0.3, 0.4) is 0 Å². The van der Waals surface area contributed by atoms with E-state index in [1.54, 1.807) is 0 Å². The van der Waals surface area contributed by atoms with Gasteiger partial charge in [-0.3, -0.25) is 0 Å². The number of rotatable bonds is 6. The fourth-order valence-electron chi connectivity index (χ4n) is 2.42. The van der Waals surface area contributed by atoms with Gasteiger partial charge in [0.1, 0.15) is 0 Å². The van der Waals surface area contributed by atoms with Crippen LogP contribution in [0.15, 0.2) is 71.2 Å². The van der Waals surface area contributed by atoms with E-state index in [1.165, 1.54) is 5.56 Å². The monoisotopic (exact) mass is 434 g/mol. The van der Waals surface area contributed by atoms with Crippen molar-refractivity contribution < 1.29 is 0 Å². The first-order valence-corrected chi connectivity index (χ1v) is 9.41. The third kappa shape index (κ3) is 5.40. The second kappa shape index (κ2) is 8.61. The van der Waals surface area contributed by atoms with Gasteiger partial charge in [-0.15, -0.1) is 0 Å². The fraction of sp³-hybridized carbons (Fsp3) is 0.100. The summed E-state index contributed by atoms with van der Waals surface area (Å²) in [7, 11) is 0. The summed E-state index contributed by atoms with van der Waals surface area (Å²) < 4.78 is 1.07. The predicted octanol–water partition coefficient (Wildman–Crippen LogP) is 6.98. The zero-order chi connectivity index (χ0) is 17.6. The zero-order valence-corrected chi connectivity index (χ0v) is 16.5. The van der Waals surface area contributed by atoms with E-state index in [9.17, 15) is 0 Å². The molecule has 0 bridgehead atoms. The highest BCUT2D eigenvalue weighted by atomic mass is 79.9. The molecule has 0 aliphatic rings. The minimum atomic E-state index is 0.688. The molecule has 25 heavy (non-hydrogen) atoms. The molecule has 0 saturated carbocycles. The Morgan fingerprint density at radius 2 is 1.52 bits per heavy atom. The first-order chi connectivity index (χ1) is 12.1. The van der Waals surface area contributed by atoms with Crippen molar-refractivity contribution in [3.05, 3.63) is 92.4 Å². The summed E-state index contributed by atoms with van der Waals surface area (Å²) in [5.41, 5.74) is 4.21. The third-order valence-electron chi connectivity index (χ3n) is 3.75. The standard InChI is InChI=1S/C20H17BrCl2N2/c21-16-6-4-14(5-7-16)12-25-20-9-8-18(11-19(20)23)24-13-15-2-1-3-17(22)10-15/h1-11,24-25H,12-13H2. The van der Waals surface area contributed by atoms with Crippen LogP contribution in [-0.2, 0) is 13.1 Å². The molecule has 0 aliphatic heterocycles. The SMILES string of the molecule is Clc1cccc(CNc2ccc(NCc3ccc(Br)cc3)c(Cl)c2)c1. The first kappa shape index (κ1) is 18.1. The summed E-state index contributed by atoms with van der Waals surface area (Å²) >= 11 is 15.8. The molecule has 0 atom stereocenters. The highest BCUT2D eigenvalue weighted by Crippen LogP contribution is 2.26. The molecule has 3 aromatic rings. The second-order valence-electron chi connectivity index (χ2n) is 5.66. The summed E-state index contributed by atoms with van der Waals surface area (Å²) in [4.78, 5) is 0. The van der Waals surface area contributed by atoms with Gasteiger partial charge in [0.2, 0.25) is 0 Å². The number of hydrogen-bond acceptors (Lipinski definition) is 2. The Bertz CT molecular complexity index is 851. The number of hydrogen-bond donors (Lipinski definition) is 2. The van der Waals surface area contributed by atoms with Crippen LogP contribution in [0, 0.1) is 0 Å². The molecule has 0 spiro atoms. The highest BCUT2D eigenvalue weighted by molar-refractivity contribution is 9.10. The van der Waals surface area contributed by atoms with E-state index >= 15 is 0 Å². The molecule has 0 heterocycles. The molecule has 0 aliphatic carbocycles. The second-order valence-corrected chi connectivity index (χ2v) is 7.42. The maximum Gasteiger partial charge on any atom is 0.0658 e. The first-order valence-electron chi connectivity index (χ1n) is 7.86. The van der Waals surface area contributed by atoms with Crippen molar-refractivity contribution >= 4 is 50.5 Å². The van der Waals surface area contributed by atoms with Gasteiger partial charge in [-0.2, -0.15) is 0 Å².